The number of ether oxygens (including phenoxy) is 1. The Morgan fingerprint density at radius 3 is 2.45 bits per heavy atom. The lowest BCUT2D eigenvalue weighted by Gasteiger charge is -2.14. The molecule has 0 radical (unpaired) electrons. The fourth-order valence-electron chi connectivity index (χ4n) is 2.69. The minimum absolute atomic E-state index is 0.0298. The van der Waals surface area contributed by atoms with Gasteiger partial charge in [-0.25, -0.2) is 0 Å². The van der Waals surface area contributed by atoms with E-state index >= 15 is 0 Å². The molecule has 1 N–H and O–H groups in total. The Hall–Kier alpha value is -2.94. The first kappa shape index (κ1) is 20.8. The number of para-hydroxylation sites is 1. The third-order valence-electron chi connectivity index (χ3n) is 4.15. The molecule has 2 aromatic carbocycles. The summed E-state index contributed by atoms with van der Waals surface area (Å²) in [5.74, 6) is 0.515. The van der Waals surface area contributed by atoms with Crippen LogP contribution in [0.5, 0.6) is 5.75 Å². The van der Waals surface area contributed by atoms with Crippen molar-refractivity contribution in [2.45, 2.75) is 37.8 Å². The third kappa shape index (κ3) is 5.11. The van der Waals surface area contributed by atoms with Crippen molar-refractivity contribution in [1.82, 2.24) is 14.8 Å². The molecule has 0 aliphatic carbocycles. The highest BCUT2D eigenvalue weighted by molar-refractivity contribution is 8.00. The standard InChI is InChI=1S/C20H20F2N4O2S/c1-12-6-4-5-7-17(12)26-14(3)24-25-20(26)29-13(2)18(27)23-15-8-10-16(11-9-15)28-19(21)22/h4-11,13,19H,1-3H3,(H,23,27). The lowest BCUT2D eigenvalue weighted by atomic mass is 10.2. The molecule has 1 amide bonds. The van der Waals surface area contributed by atoms with Crippen molar-refractivity contribution in [1.29, 1.82) is 0 Å². The molecule has 152 valence electrons. The summed E-state index contributed by atoms with van der Waals surface area (Å²) < 4.78 is 30.7. The van der Waals surface area contributed by atoms with E-state index in [1.807, 2.05) is 42.7 Å². The average Bonchev–Trinajstić information content (AvgIpc) is 3.03. The summed E-state index contributed by atoms with van der Waals surface area (Å²) in [6, 6.07) is 13.6. The zero-order valence-electron chi connectivity index (χ0n) is 16.1. The number of halogens is 2. The number of alkyl halides is 2. The van der Waals surface area contributed by atoms with Gasteiger partial charge < -0.3 is 10.1 Å². The predicted molar refractivity (Wildman–Crippen MR) is 108 cm³/mol. The van der Waals surface area contributed by atoms with Gasteiger partial charge in [0.2, 0.25) is 5.91 Å². The molecule has 0 bridgehead atoms. The summed E-state index contributed by atoms with van der Waals surface area (Å²) in [5, 5.41) is 11.3. The minimum Gasteiger partial charge on any atom is -0.435 e. The van der Waals surface area contributed by atoms with E-state index in [1.165, 1.54) is 36.0 Å². The van der Waals surface area contributed by atoms with Crippen molar-refractivity contribution in [3.8, 4) is 11.4 Å². The fourth-order valence-corrected chi connectivity index (χ4v) is 3.59. The number of rotatable bonds is 7. The summed E-state index contributed by atoms with van der Waals surface area (Å²) in [5.41, 5.74) is 2.51. The van der Waals surface area contributed by atoms with Crippen molar-refractivity contribution in [2.24, 2.45) is 0 Å². The van der Waals surface area contributed by atoms with E-state index in [4.69, 9.17) is 0 Å². The third-order valence-corrected chi connectivity index (χ3v) is 5.19. The molecule has 3 rings (SSSR count). The Morgan fingerprint density at radius 2 is 1.79 bits per heavy atom. The number of carbonyl (C=O) groups is 1. The SMILES string of the molecule is Cc1ccccc1-n1c(C)nnc1SC(C)C(=O)Nc1ccc(OC(F)F)cc1. The maximum absolute atomic E-state index is 12.6. The minimum atomic E-state index is -2.89. The van der Waals surface area contributed by atoms with Crippen LogP contribution in [-0.2, 0) is 4.79 Å². The Kier molecular flexibility index (Phi) is 6.48. The maximum atomic E-state index is 12.6. The van der Waals surface area contributed by atoms with Crippen LogP contribution in [0.15, 0.2) is 53.7 Å². The Labute approximate surface area is 171 Å². The van der Waals surface area contributed by atoms with Gasteiger partial charge in [-0.15, -0.1) is 10.2 Å². The largest absolute Gasteiger partial charge is 0.435 e. The van der Waals surface area contributed by atoms with E-state index in [0.717, 1.165) is 17.1 Å². The molecular formula is C20H20F2N4O2S. The summed E-state index contributed by atoms with van der Waals surface area (Å²) >= 11 is 1.29. The number of thioether (sulfide) groups is 1. The van der Waals surface area contributed by atoms with Gasteiger partial charge in [-0.3, -0.25) is 9.36 Å². The van der Waals surface area contributed by atoms with E-state index in [-0.39, 0.29) is 11.7 Å². The van der Waals surface area contributed by atoms with E-state index in [9.17, 15) is 13.6 Å². The highest BCUT2D eigenvalue weighted by Gasteiger charge is 2.20. The second-order valence-electron chi connectivity index (χ2n) is 6.30. The molecule has 0 saturated heterocycles. The molecule has 9 heteroatoms. The molecule has 1 atom stereocenters. The second kappa shape index (κ2) is 9.04. The van der Waals surface area contributed by atoms with Crippen LogP contribution in [0.1, 0.15) is 18.3 Å². The zero-order valence-corrected chi connectivity index (χ0v) is 16.9. The summed E-state index contributed by atoms with van der Waals surface area (Å²) in [6.07, 6.45) is 0. The van der Waals surface area contributed by atoms with Crippen LogP contribution >= 0.6 is 11.8 Å². The van der Waals surface area contributed by atoms with E-state index < -0.39 is 11.9 Å². The lowest BCUT2D eigenvalue weighted by Crippen LogP contribution is -2.23. The first-order valence-corrected chi connectivity index (χ1v) is 9.73. The molecule has 1 aromatic heterocycles. The van der Waals surface area contributed by atoms with Crippen LogP contribution in [0.25, 0.3) is 5.69 Å². The molecule has 29 heavy (non-hydrogen) atoms. The quantitative estimate of drug-likeness (QED) is 0.568. The molecular weight excluding hydrogens is 398 g/mol. The van der Waals surface area contributed by atoms with Gasteiger partial charge in [-0.1, -0.05) is 30.0 Å². The van der Waals surface area contributed by atoms with Crippen LogP contribution in [0.2, 0.25) is 0 Å². The molecule has 0 saturated carbocycles. The van der Waals surface area contributed by atoms with Crippen LogP contribution in [0, 0.1) is 13.8 Å². The van der Waals surface area contributed by atoms with Crippen molar-refractivity contribution in [3.63, 3.8) is 0 Å². The van der Waals surface area contributed by atoms with E-state index in [2.05, 4.69) is 20.3 Å². The van der Waals surface area contributed by atoms with E-state index in [1.54, 1.807) is 6.92 Å². The first-order chi connectivity index (χ1) is 13.8. The first-order valence-electron chi connectivity index (χ1n) is 8.85. The van der Waals surface area contributed by atoms with Gasteiger partial charge in [0.25, 0.3) is 0 Å². The maximum Gasteiger partial charge on any atom is 0.387 e. The number of benzene rings is 2. The number of carbonyl (C=O) groups excluding carboxylic acids is 1. The van der Waals surface area contributed by atoms with Crippen molar-refractivity contribution in [2.75, 3.05) is 5.32 Å². The molecule has 0 aliphatic rings. The molecule has 1 unspecified atom stereocenters. The van der Waals surface area contributed by atoms with Gasteiger partial charge >= 0.3 is 6.61 Å². The average molecular weight is 418 g/mol. The van der Waals surface area contributed by atoms with Gasteiger partial charge in [0, 0.05) is 5.69 Å². The number of nitrogens with zero attached hydrogens (tertiary/aromatic N) is 3. The number of hydrogen-bond donors (Lipinski definition) is 1. The van der Waals surface area contributed by atoms with Gasteiger partial charge in [-0.2, -0.15) is 8.78 Å². The van der Waals surface area contributed by atoms with Crippen LogP contribution in [0.4, 0.5) is 14.5 Å². The molecule has 3 aromatic rings. The Bertz CT molecular complexity index is 992. The summed E-state index contributed by atoms with van der Waals surface area (Å²) in [7, 11) is 0. The number of aromatic nitrogens is 3. The highest BCUT2D eigenvalue weighted by atomic mass is 32.2. The Morgan fingerprint density at radius 1 is 1.10 bits per heavy atom. The predicted octanol–water partition coefficient (Wildman–Crippen LogP) is 4.60. The normalized spacial score (nSPS) is 12.1. The van der Waals surface area contributed by atoms with Crippen LogP contribution in [-0.4, -0.2) is 32.5 Å². The smallest absolute Gasteiger partial charge is 0.387 e. The van der Waals surface area contributed by atoms with Crippen molar-refractivity contribution >= 4 is 23.4 Å². The lowest BCUT2D eigenvalue weighted by molar-refractivity contribution is -0.115. The van der Waals surface area contributed by atoms with Crippen molar-refractivity contribution in [3.05, 3.63) is 59.9 Å². The molecule has 0 fully saturated rings. The molecule has 0 spiro atoms. The second-order valence-corrected chi connectivity index (χ2v) is 7.61. The van der Waals surface area contributed by atoms with Gasteiger partial charge in [-0.05, 0) is 56.7 Å². The Balaban J connectivity index is 1.70. The number of aryl methyl sites for hydroxylation is 2. The van der Waals surface area contributed by atoms with Crippen LogP contribution < -0.4 is 10.1 Å². The van der Waals surface area contributed by atoms with Crippen LogP contribution in [0.3, 0.4) is 0 Å². The number of anilines is 1. The van der Waals surface area contributed by atoms with Gasteiger partial charge in [0.05, 0.1) is 10.9 Å². The number of amides is 1. The highest BCUT2D eigenvalue weighted by Crippen LogP contribution is 2.28. The number of hydrogen-bond acceptors (Lipinski definition) is 5. The van der Waals surface area contributed by atoms with Crippen molar-refractivity contribution < 1.29 is 18.3 Å². The van der Waals surface area contributed by atoms with E-state index in [0.29, 0.717) is 10.8 Å². The summed E-state index contributed by atoms with van der Waals surface area (Å²) in [6.45, 7) is 2.74. The molecule has 0 aliphatic heterocycles. The summed E-state index contributed by atoms with van der Waals surface area (Å²) in [4.78, 5) is 12.6. The zero-order chi connectivity index (χ0) is 21.0. The fraction of sp³-hybridized carbons (Fsp3) is 0.250. The monoisotopic (exact) mass is 418 g/mol. The molecule has 6 nitrogen and oxygen atoms in total. The van der Waals surface area contributed by atoms with Gasteiger partial charge in [0.1, 0.15) is 11.6 Å². The molecule has 1 heterocycles. The number of nitrogens with one attached hydrogen (secondary N) is 1. The topological polar surface area (TPSA) is 69.0 Å². The van der Waals surface area contributed by atoms with Gasteiger partial charge in [0.15, 0.2) is 5.16 Å².